The van der Waals surface area contributed by atoms with Crippen LogP contribution in [0.3, 0.4) is 0 Å². The van der Waals surface area contributed by atoms with E-state index in [1.165, 1.54) is 35.1 Å². The summed E-state index contributed by atoms with van der Waals surface area (Å²) < 4.78 is 16.9. The molecule has 9 rings (SSSR count). The molecule has 4 aromatic rings. The van der Waals surface area contributed by atoms with E-state index >= 15 is 0 Å². The lowest BCUT2D eigenvalue weighted by atomic mass is 9.86. The number of ketones is 2. The van der Waals surface area contributed by atoms with Crippen LogP contribution in [0.4, 0.5) is 5.69 Å². The fourth-order valence-corrected chi connectivity index (χ4v) is 8.36. The quantitative estimate of drug-likeness (QED) is 0.219. The van der Waals surface area contributed by atoms with Gasteiger partial charge in [0.2, 0.25) is 0 Å². The molecule has 0 radical (unpaired) electrons. The topological polar surface area (TPSA) is 100 Å². The predicted molar refractivity (Wildman–Crippen MR) is 188 cm³/mol. The lowest BCUT2D eigenvalue weighted by molar-refractivity contribution is -0.133. The number of carbonyl (C=O) groups is 2. The minimum Gasteiger partial charge on any atom is -0.493 e. The zero-order chi connectivity index (χ0) is 33.5. The molecule has 1 unspecified atom stereocenters. The monoisotopic (exact) mass is 713 g/mol. The van der Waals surface area contributed by atoms with Crippen molar-refractivity contribution in [2.45, 2.75) is 63.2 Å². The van der Waals surface area contributed by atoms with Gasteiger partial charge in [-0.15, -0.1) is 0 Å². The number of imidazole rings is 2. The molecule has 0 spiro atoms. The van der Waals surface area contributed by atoms with Gasteiger partial charge >= 0.3 is 0 Å². The highest BCUT2D eigenvalue weighted by atomic mass is 79.9. The number of benzene rings is 2. The number of ether oxygens (including phenoxy) is 2. The first-order valence-electron chi connectivity index (χ1n) is 17.1. The van der Waals surface area contributed by atoms with Crippen molar-refractivity contribution in [3.05, 3.63) is 88.4 Å². The maximum Gasteiger partial charge on any atom is 0.143 e. The number of hydrogen-bond acceptors (Lipinski definition) is 7. The highest BCUT2D eigenvalue weighted by Crippen LogP contribution is 2.65. The Labute approximate surface area is 290 Å². The number of aryl methyl sites for hydroxylation is 2. The molecule has 48 heavy (non-hydrogen) atoms. The van der Waals surface area contributed by atoms with Gasteiger partial charge in [-0.05, 0) is 68.7 Å². The molecule has 3 saturated carbocycles. The van der Waals surface area contributed by atoms with Crippen LogP contribution in [-0.4, -0.2) is 50.4 Å². The first-order chi connectivity index (χ1) is 23.2. The first-order valence-corrected chi connectivity index (χ1v) is 17.9. The van der Waals surface area contributed by atoms with Crippen LogP contribution in [0.2, 0.25) is 0 Å². The van der Waals surface area contributed by atoms with Gasteiger partial charge in [0.1, 0.15) is 23.1 Å². The second-order valence-electron chi connectivity index (χ2n) is 13.8. The summed E-state index contributed by atoms with van der Waals surface area (Å²) in [4.78, 5) is 30.8. The summed E-state index contributed by atoms with van der Waals surface area (Å²) >= 11 is 3.54. The molecule has 3 aliphatic carbocycles. The standard InChI is InChI=1S/C16H19N3O.C14H13BrN2O.C8H12O2/c1-3-17-10-4-5-14-11(6-10)15-12(8-20-14)16(15)13-7-19(2)9-18-13;1-17-5-11(16-7-17)14-10-6-18-12-3-2-8(15)4-9(12)13(10)14;1-6(9)7-4-2-3-5-8(7)10/h4-7,9,12,15-17H,3,8H2,1-2H3;2-5,7,10,13-14H,6H2,1H3;7H,2-5H2,1H3/t12-,15+,16-;10-,13+,14-;/m00./s1. The van der Waals surface area contributed by atoms with Gasteiger partial charge in [-0.25, -0.2) is 9.97 Å². The third kappa shape index (κ3) is 6.56. The van der Waals surface area contributed by atoms with Crippen molar-refractivity contribution in [3.63, 3.8) is 0 Å². The van der Waals surface area contributed by atoms with Gasteiger partial charge in [0.15, 0.2) is 0 Å². The normalized spacial score (nSPS) is 27.1. The van der Waals surface area contributed by atoms with Gasteiger partial charge in [0.25, 0.3) is 0 Å². The van der Waals surface area contributed by atoms with Crippen molar-refractivity contribution >= 4 is 33.2 Å². The van der Waals surface area contributed by atoms with E-state index in [2.05, 4.69) is 80.9 Å². The maximum absolute atomic E-state index is 11.0. The van der Waals surface area contributed by atoms with Gasteiger partial charge in [0, 0.05) is 90.7 Å². The Morgan fingerprint density at radius 2 is 1.46 bits per heavy atom. The largest absolute Gasteiger partial charge is 0.493 e. The molecule has 1 N–H and O–H groups in total. The molecule has 2 aromatic heterocycles. The van der Waals surface area contributed by atoms with E-state index in [1.807, 2.05) is 42.0 Å². The second kappa shape index (κ2) is 13.5. The molecule has 5 aliphatic rings. The van der Waals surface area contributed by atoms with Gasteiger partial charge in [-0.3, -0.25) is 9.59 Å². The molecule has 2 aromatic carbocycles. The summed E-state index contributed by atoms with van der Waals surface area (Å²) in [7, 11) is 4.04. The Kier molecular flexibility index (Phi) is 9.20. The highest BCUT2D eigenvalue weighted by molar-refractivity contribution is 9.10. The van der Waals surface area contributed by atoms with Crippen LogP contribution in [-0.2, 0) is 23.7 Å². The van der Waals surface area contributed by atoms with Gasteiger partial charge < -0.3 is 23.9 Å². The third-order valence-corrected chi connectivity index (χ3v) is 11.0. The molecule has 252 valence electrons. The first kappa shape index (κ1) is 32.6. The van der Waals surface area contributed by atoms with Gasteiger partial charge in [0.05, 0.1) is 43.2 Å². The van der Waals surface area contributed by atoms with Gasteiger partial charge in [-0.1, -0.05) is 22.4 Å². The molecular weight excluding hydrogens is 670 g/mol. The highest BCUT2D eigenvalue weighted by Gasteiger charge is 2.57. The van der Waals surface area contributed by atoms with Crippen LogP contribution in [0.1, 0.15) is 85.7 Å². The minimum absolute atomic E-state index is 0.0460. The van der Waals surface area contributed by atoms with E-state index in [1.54, 1.807) is 0 Å². The fourth-order valence-electron chi connectivity index (χ4n) is 7.98. The zero-order valence-corrected chi connectivity index (χ0v) is 29.7. The smallest absolute Gasteiger partial charge is 0.143 e. The van der Waals surface area contributed by atoms with Crippen LogP contribution in [0.5, 0.6) is 11.5 Å². The number of anilines is 1. The van der Waals surface area contributed by atoms with Crippen molar-refractivity contribution in [2.75, 3.05) is 25.1 Å². The zero-order valence-electron chi connectivity index (χ0n) is 28.1. The molecule has 0 saturated heterocycles. The number of hydrogen-bond donors (Lipinski definition) is 1. The SMILES string of the molecule is CC(=O)C1CCCCC1=O.CCNc1ccc2c(c1)[C@@H]1[C@H](CO2)[C@H]1c1cn(C)cn1.Cn1cnc([C@@H]2[C@H]3COc4ccc(Br)cc4[C@H]32)c1. The second-order valence-corrected chi connectivity index (χ2v) is 14.7. The van der Waals surface area contributed by atoms with E-state index < -0.39 is 0 Å². The number of aromatic nitrogens is 4. The molecule has 3 fully saturated rings. The van der Waals surface area contributed by atoms with Crippen molar-refractivity contribution in [3.8, 4) is 11.5 Å². The van der Waals surface area contributed by atoms with Crippen LogP contribution >= 0.6 is 15.9 Å². The van der Waals surface area contributed by atoms with Crippen LogP contribution in [0.25, 0.3) is 0 Å². The number of carbonyl (C=O) groups excluding carboxylic acids is 2. The third-order valence-electron chi connectivity index (χ3n) is 10.5. The maximum atomic E-state index is 11.0. The Balaban J connectivity index is 0.000000120. The molecule has 10 heteroatoms. The average Bonchev–Trinajstić information content (AvgIpc) is 3.89. The summed E-state index contributed by atoms with van der Waals surface area (Å²) in [5, 5.41) is 3.38. The summed E-state index contributed by atoms with van der Waals surface area (Å²) in [6.45, 7) is 6.21. The summed E-state index contributed by atoms with van der Waals surface area (Å²) in [6.07, 6.45) is 11.4. The number of nitrogens with one attached hydrogen (secondary N) is 1. The molecule has 7 atom stereocenters. The lowest BCUT2D eigenvalue weighted by Gasteiger charge is -2.17. The summed E-state index contributed by atoms with van der Waals surface area (Å²) in [5.74, 6) is 5.43. The number of Topliss-reactive ketones (excluding diaryl/α,β-unsaturated/α-hetero) is 2. The molecule has 0 amide bonds. The Hall–Kier alpha value is -3.92. The van der Waals surface area contributed by atoms with E-state index in [-0.39, 0.29) is 17.5 Å². The Morgan fingerprint density at radius 3 is 1.96 bits per heavy atom. The van der Waals surface area contributed by atoms with E-state index in [9.17, 15) is 9.59 Å². The summed E-state index contributed by atoms with van der Waals surface area (Å²) in [6, 6.07) is 12.7. The minimum atomic E-state index is -0.256. The van der Waals surface area contributed by atoms with E-state index in [0.717, 1.165) is 55.0 Å². The molecule has 9 nitrogen and oxygen atoms in total. The number of nitrogens with zero attached hydrogens (tertiary/aromatic N) is 4. The van der Waals surface area contributed by atoms with Crippen molar-refractivity contribution in [2.24, 2.45) is 31.8 Å². The average molecular weight is 715 g/mol. The van der Waals surface area contributed by atoms with Crippen molar-refractivity contribution < 1.29 is 19.1 Å². The van der Waals surface area contributed by atoms with Gasteiger partial charge in [-0.2, -0.15) is 0 Å². The predicted octanol–water partition coefficient (Wildman–Crippen LogP) is 7.15. The Morgan fingerprint density at radius 1 is 0.875 bits per heavy atom. The molecule has 4 heterocycles. The molecular formula is C38H44BrN5O4. The summed E-state index contributed by atoms with van der Waals surface area (Å²) in [5.41, 5.74) is 6.26. The number of fused-ring (bicyclic) bond motifs is 6. The molecule has 0 bridgehead atoms. The number of rotatable bonds is 5. The Bertz CT molecular complexity index is 1820. The van der Waals surface area contributed by atoms with Crippen LogP contribution in [0.15, 0.2) is 65.9 Å². The van der Waals surface area contributed by atoms with Crippen LogP contribution < -0.4 is 14.8 Å². The van der Waals surface area contributed by atoms with E-state index in [0.29, 0.717) is 41.9 Å². The molecule has 2 aliphatic heterocycles. The fraction of sp³-hybridized carbons (Fsp3) is 0.474. The lowest BCUT2D eigenvalue weighted by Crippen LogP contribution is -2.24. The van der Waals surface area contributed by atoms with Crippen molar-refractivity contribution in [1.82, 2.24) is 19.1 Å². The van der Waals surface area contributed by atoms with Crippen LogP contribution in [0, 0.1) is 17.8 Å². The number of halogens is 1. The van der Waals surface area contributed by atoms with E-state index in [4.69, 9.17) is 9.47 Å². The van der Waals surface area contributed by atoms with Crippen molar-refractivity contribution in [1.29, 1.82) is 0 Å².